The van der Waals surface area contributed by atoms with Crippen molar-refractivity contribution in [1.82, 2.24) is 9.88 Å². The fourth-order valence-electron chi connectivity index (χ4n) is 2.86. The molecule has 1 aromatic heterocycles. The van der Waals surface area contributed by atoms with Crippen molar-refractivity contribution in [1.29, 1.82) is 0 Å². The van der Waals surface area contributed by atoms with Crippen molar-refractivity contribution in [3.05, 3.63) is 81.1 Å². The molecule has 0 bridgehead atoms. The van der Waals surface area contributed by atoms with Gasteiger partial charge in [-0.05, 0) is 61.4 Å². The van der Waals surface area contributed by atoms with Gasteiger partial charge in [-0.1, -0.05) is 6.07 Å². The number of thiazole rings is 1. The Bertz CT molecular complexity index is 988. The average molecular weight is 429 g/mol. The second-order valence-electron chi connectivity index (χ2n) is 6.99. The molecule has 3 rings (SSSR count). The van der Waals surface area contributed by atoms with E-state index in [1.54, 1.807) is 12.0 Å². The first-order chi connectivity index (χ1) is 14.5. The Kier molecular flexibility index (Phi) is 7.54. The molecule has 0 aliphatic heterocycles. The summed E-state index contributed by atoms with van der Waals surface area (Å²) in [6, 6.07) is 11.5. The average Bonchev–Trinajstić information content (AvgIpc) is 3.19. The third-order valence-electron chi connectivity index (χ3n) is 4.74. The first-order valence-corrected chi connectivity index (χ1v) is 10.5. The number of ether oxygens (including phenoxy) is 2. The lowest BCUT2D eigenvalue weighted by atomic mass is 10.1. The SMILES string of the molecule is COCCN(Cc1csc(COc2ccc(C)c(C)c2)n1)C(=O)c1ccc(F)cc1. The highest BCUT2D eigenvalue weighted by Crippen LogP contribution is 2.20. The molecular formula is C23H25FN2O3S. The van der Waals surface area contributed by atoms with Crippen LogP contribution in [0.2, 0.25) is 0 Å². The third-order valence-corrected chi connectivity index (χ3v) is 5.61. The minimum Gasteiger partial charge on any atom is -0.486 e. The molecule has 158 valence electrons. The third kappa shape index (κ3) is 5.87. The van der Waals surface area contributed by atoms with E-state index in [4.69, 9.17) is 9.47 Å². The Morgan fingerprint density at radius 3 is 2.60 bits per heavy atom. The topological polar surface area (TPSA) is 51.7 Å². The Hall–Kier alpha value is -2.77. The molecule has 30 heavy (non-hydrogen) atoms. The fraction of sp³-hybridized carbons (Fsp3) is 0.304. The summed E-state index contributed by atoms with van der Waals surface area (Å²) in [5, 5.41) is 2.76. The summed E-state index contributed by atoms with van der Waals surface area (Å²) in [4.78, 5) is 19.1. The maximum absolute atomic E-state index is 13.2. The van der Waals surface area contributed by atoms with Crippen LogP contribution in [0, 0.1) is 19.7 Å². The normalized spacial score (nSPS) is 10.8. The molecule has 0 unspecified atom stereocenters. The molecule has 0 aliphatic carbocycles. The second-order valence-corrected chi connectivity index (χ2v) is 7.94. The highest BCUT2D eigenvalue weighted by atomic mass is 32.1. The minimum atomic E-state index is -0.372. The largest absolute Gasteiger partial charge is 0.486 e. The second kappa shape index (κ2) is 10.3. The van der Waals surface area contributed by atoms with E-state index in [1.807, 2.05) is 23.6 Å². The molecule has 0 N–H and O–H groups in total. The zero-order valence-corrected chi connectivity index (χ0v) is 18.2. The van der Waals surface area contributed by atoms with E-state index in [-0.39, 0.29) is 11.7 Å². The zero-order valence-electron chi connectivity index (χ0n) is 17.4. The number of carbonyl (C=O) groups excluding carboxylic acids is 1. The summed E-state index contributed by atoms with van der Waals surface area (Å²) >= 11 is 1.50. The molecule has 0 spiro atoms. The Morgan fingerprint density at radius 2 is 1.90 bits per heavy atom. The zero-order chi connectivity index (χ0) is 21.5. The lowest BCUT2D eigenvalue weighted by Crippen LogP contribution is -2.33. The number of carbonyl (C=O) groups is 1. The number of rotatable bonds is 9. The number of nitrogens with zero attached hydrogens (tertiary/aromatic N) is 2. The number of hydrogen-bond donors (Lipinski definition) is 0. The van der Waals surface area contributed by atoms with Crippen LogP contribution in [0.15, 0.2) is 47.8 Å². The molecule has 0 radical (unpaired) electrons. The van der Waals surface area contributed by atoms with Crippen LogP contribution in [0.4, 0.5) is 4.39 Å². The molecule has 1 heterocycles. The van der Waals surface area contributed by atoms with E-state index in [9.17, 15) is 9.18 Å². The maximum Gasteiger partial charge on any atom is 0.254 e. The molecule has 0 saturated heterocycles. The van der Waals surface area contributed by atoms with Gasteiger partial charge in [0.1, 0.15) is 23.2 Å². The van der Waals surface area contributed by atoms with E-state index in [0.717, 1.165) is 16.5 Å². The van der Waals surface area contributed by atoms with Crippen molar-refractivity contribution >= 4 is 17.2 Å². The quantitative estimate of drug-likeness (QED) is 0.493. The van der Waals surface area contributed by atoms with Gasteiger partial charge >= 0.3 is 0 Å². The number of aryl methyl sites for hydroxylation is 2. The standard InChI is InChI=1S/C23H25FN2O3S/c1-16-4-9-21(12-17(16)2)29-14-22-25-20(15-30-22)13-26(10-11-28-3)23(27)18-5-7-19(24)8-6-18/h4-9,12,15H,10-11,13-14H2,1-3H3. The van der Waals surface area contributed by atoms with Gasteiger partial charge in [-0.25, -0.2) is 9.37 Å². The number of methoxy groups -OCH3 is 1. The van der Waals surface area contributed by atoms with E-state index >= 15 is 0 Å². The number of aromatic nitrogens is 1. The van der Waals surface area contributed by atoms with Gasteiger partial charge in [-0.15, -0.1) is 11.3 Å². The predicted octanol–water partition coefficient (Wildman–Crippen LogP) is 4.77. The molecule has 7 heteroatoms. The van der Waals surface area contributed by atoms with Crippen molar-refractivity contribution in [2.24, 2.45) is 0 Å². The van der Waals surface area contributed by atoms with Gasteiger partial charge in [0.25, 0.3) is 5.91 Å². The number of halogens is 1. The molecule has 0 aliphatic rings. The van der Waals surface area contributed by atoms with Gasteiger partial charge in [-0.2, -0.15) is 0 Å². The smallest absolute Gasteiger partial charge is 0.254 e. The van der Waals surface area contributed by atoms with Crippen LogP contribution in [0.5, 0.6) is 5.75 Å². The molecule has 0 fully saturated rings. The van der Waals surface area contributed by atoms with Crippen LogP contribution in [-0.4, -0.2) is 36.1 Å². The Morgan fingerprint density at radius 1 is 1.13 bits per heavy atom. The fourth-order valence-corrected chi connectivity index (χ4v) is 3.56. The minimum absolute atomic E-state index is 0.187. The van der Waals surface area contributed by atoms with Crippen molar-refractivity contribution in [2.45, 2.75) is 27.0 Å². The molecule has 5 nitrogen and oxygen atoms in total. The van der Waals surface area contributed by atoms with Gasteiger partial charge < -0.3 is 14.4 Å². The van der Waals surface area contributed by atoms with Gasteiger partial charge in [0, 0.05) is 24.6 Å². The van der Waals surface area contributed by atoms with E-state index in [1.165, 1.54) is 46.7 Å². The Balaban J connectivity index is 1.64. The van der Waals surface area contributed by atoms with Crippen LogP contribution >= 0.6 is 11.3 Å². The van der Waals surface area contributed by atoms with Crippen LogP contribution in [0.3, 0.4) is 0 Å². The number of hydrogen-bond acceptors (Lipinski definition) is 5. The first kappa shape index (κ1) is 21.9. The predicted molar refractivity (Wildman–Crippen MR) is 115 cm³/mol. The Labute approximate surface area is 180 Å². The van der Waals surface area contributed by atoms with Crippen LogP contribution < -0.4 is 4.74 Å². The maximum atomic E-state index is 13.2. The van der Waals surface area contributed by atoms with Crippen LogP contribution in [0.25, 0.3) is 0 Å². The molecule has 0 saturated carbocycles. The lowest BCUT2D eigenvalue weighted by molar-refractivity contribution is 0.0678. The molecule has 3 aromatic rings. The number of benzene rings is 2. The van der Waals surface area contributed by atoms with Gasteiger partial charge in [-0.3, -0.25) is 4.79 Å². The summed E-state index contributed by atoms with van der Waals surface area (Å²) in [6.45, 7) is 5.65. The van der Waals surface area contributed by atoms with Gasteiger partial charge in [0.15, 0.2) is 0 Å². The van der Waals surface area contributed by atoms with Crippen molar-refractivity contribution in [3.63, 3.8) is 0 Å². The van der Waals surface area contributed by atoms with Gasteiger partial charge in [0.2, 0.25) is 0 Å². The summed E-state index contributed by atoms with van der Waals surface area (Å²) in [7, 11) is 1.59. The van der Waals surface area contributed by atoms with Crippen LogP contribution in [0.1, 0.15) is 32.2 Å². The highest BCUT2D eigenvalue weighted by Gasteiger charge is 2.17. The molecule has 2 aromatic carbocycles. The lowest BCUT2D eigenvalue weighted by Gasteiger charge is -2.21. The highest BCUT2D eigenvalue weighted by molar-refractivity contribution is 7.09. The van der Waals surface area contributed by atoms with Crippen LogP contribution in [-0.2, 0) is 17.9 Å². The van der Waals surface area contributed by atoms with Crippen molar-refractivity contribution in [2.75, 3.05) is 20.3 Å². The van der Waals surface area contributed by atoms with Gasteiger partial charge in [0.05, 0.1) is 18.8 Å². The van der Waals surface area contributed by atoms with E-state index in [0.29, 0.717) is 31.9 Å². The van der Waals surface area contributed by atoms with E-state index in [2.05, 4.69) is 18.8 Å². The van der Waals surface area contributed by atoms with Crippen molar-refractivity contribution in [3.8, 4) is 5.75 Å². The summed E-state index contributed by atoms with van der Waals surface area (Å²) in [5.74, 6) is 0.249. The van der Waals surface area contributed by atoms with E-state index < -0.39 is 0 Å². The summed E-state index contributed by atoms with van der Waals surface area (Å²) < 4.78 is 24.2. The molecular weight excluding hydrogens is 403 g/mol. The monoisotopic (exact) mass is 428 g/mol. The number of amides is 1. The van der Waals surface area contributed by atoms with Crippen molar-refractivity contribution < 1.29 is 18.7 Å². The summed E-state index contributed by atoms with van der Waals surface area (Å²) in [5.41, 5.74) is 3.62. The summed E-state index contributed by atoms with van der Waals surface area (Å²) in [6.07, 6.45) is 0. The first-order valence-electron chi connectivity index (χ1n) is 9.63. The molecule has 0 atom stereocenters. The molecule has 1 amide bonds.